The fourth-order valence-electron chi connectivity index (χ4n) is 4.99. The summed E-state index contributed by atoms with van der Waals surface area (Å²) in [7, 11) is 4.13. The van der Waals surface area contributed by atoms with E-state index in [1.807, 2.05) is 31.3 Å². The lowest BCUT2D eigenvalue weighted by Crippen LogP contribution is -2.44. The molecule has 0 aliphatic carbocycles. The van der Waals surface area contributed by atoms with Gasteiger partial charge in [-0.2, -0.15) is 0 Å². The highest BCUT2D eigenvalue weighted by Crippen LogP contribution is 2.36. The van der Waals surface area contributed by atoms with Gasteiger partial charge in [-0.25, -0.2) is 4.98 Å². The molecule has 208 valence electrons. The van der Waals surface area contributed by atoms with Crippen molar-refractivity contribution in [3.8, 4) is 16.2 Å². The number of aromatic nitrogens is 2. The summed E-state index contributed by atoms with van der Waals surface area (Å²) in [6, 6.07) is 11.9. The van der Waals surface area contributed by atoms with E-state index in [0.29, 0.717) is 19.6 Å². The van der Waals surface area contributed by atoms with Gasteiger partial charge in [0.1, 0.15) is 16.8 Å². The maximum atomic E-state index is 12.9. The quantitative estimate of drug-likeness (QED) is 0.360. The number of likely N-dealkylation sites (tertiary alicyclic amines) is 1. The summed E-state index contributed by atoms with van der Waals surface area (Å²) >= 11 is 1.52. The predicted octanol–water partition coefficient (Wildman–Crippen LogP) is 4.19. The molecular formula is C30H39N5O3S. The van der Waals surface area contributed by atoms with Crippen molar-refractivity contribution >= 4 is 23.2 Å². The van der Waals surface area contributed by atoms with Crippen molar-refractivity contribution < 1.29 is 14.3 Å². The average Bonchev–Trinajstić information content (AvgIpc) is 3.54. The molecule has 1 aliphatic rings. The zero-order valence-corrected chi connectivity index (χ0v) is 24.4. The van der Waals surface area contributed by atoms with Crippen LogP contribution in [0.3, 0.4) is 0 Å². The second-order valence-corrected chi connectivity index (χ2v) is 12.0. The van der Waals surface area contributed by atoms with E-state index >= 15 is 0 Å². The highest BCUT2D eigenvalue weighted by molar-refractivity contribution is 7.15. The number of primary amides is 1. The van der Waals surface area contributed by atoms with Gasteiger partial charge in [-0.3, -0.25) is 14.6 Å². The van der Waals surface area contributed by atoms with E-state index in [4.69, 9.17) is 15.5 Å². The Bertz CT molecular complexity index is 1300. The molecule has 1 aromatic carbocycles. The van der Waals surface area contributed by atoms with Crippen LogP contribution in [-0.4, -0.2) is 71.4 Å². The summed E-state index contributed by atoms with van der Waals surface area (Å²) in [6.07, 6.45) is 4.41. The smallest absolute Gasteiger partial charge is 0.240 e. The van der Waals surface area contributed by atoms with Gasteiger partial charge < -0.3 is 20.3 Å². The van der Waals surface area contributed by atoms with Gasteiger partial charge in [0.15, 0.2) is 0 Å². The molecule has 0 unspecified atom stereocenters. The highest BCUT2D eigenvalue weighted by Gasteiger charge is 2.33. The van der Waals surface area contributed by atoms with E-state index in [-0.39, 0.29) is 17.7 Å². The van der Waals surface area contributed by atoms with Gasteiger partial charge in [0.2, 0.25) is 11.8 Å². The van der Waals surface area contributed by atoms with Gasteiger partial charge in [-0.15, -0.1) is 11.3 Å². The molecule has 8 nitrogen and oxygen atoms in total. The molecule has 4 rings (SSSR count). The summed E-state index contributed by atoms with van der Waals surface area (Å²) < 4.78 is 5.90. The van der Waals surface area contributed by atoms with Gasteiger partial charge >= 0.3 is 0 Å². The molecular weight excluding hydrogens is 510 g/mol. The molecule has 0 bridgehead atoms. The number of thiazole rings is 1. The number of carbonyl (C=O) groups is 2. The minimum Gasteiger partial charge on any atom is -0.494 e. The molecule has 0 saturated carbocycles. The number of ether oxygens (including phenoxy) is 1. The van der Waals surface area contributed by atoms with E-state index in [0.717, 1.165) is 57.5 Å². The number of nitrogens with zero attached hydrogens (tertiary/aromatic N) is 4. The number of nitrogens with two attached hydrogens (primary N) is 1. The number of hydrogen-bond donors (Lipinski definition) is 1. The monoisotopic (exact) mass is 549 g/mol. The Morgan fingerprint density at radius 1 is 1.21 bits per heavy atom. The maximum Gasteiger partial charge on any atom is 0.240 e. The minimum atomic E-state index is -0.508. The van der Waals surface area contributed by atoms with Crippen molar-refractivity contribution in [3.05, 3.63) is 64.6 Å². The van der Waals surface area contributed by atoms with Gasteiger partial charge in [-0.1, -0.05) is 26.0 Å². The molecule has 1 fully saturated rings. The first kappa shape index (κ1) is 28.7. The van der Waals surface area contributed by atoms with E-state index in [9.17, 15) is 9.59 Å². The number of amides is 2. The molecule has 39 heavy (non-hydrogen) atoms. The van der Waals surface area contributed by atoms with Crippen LogP contribution in [0.5, 0.6) is 5.75 Å². The van der Waals surface area contributed by atoms with Gasteiger partial charge in [0.25, 0.3) is 0 Å². The maximum absolute atomic E-state index is 12.9. The van der Waals surface area contributed by atoms with Crippen LogP contribution >= 0.6 is 11.3 Å². The molecule has 1 saturated heterocycles. The third kappa shape index (κ3) is 6.83. The highest BCUT2D eigenvalue weighted by atomic mass is 32.1. The van der Waals surface area contributed by atoms with Crippen LogP contribution in [0.2, 0.25) is 0 Å². The van der Waals surface area contributed by atoms with Crippen LogP contribution in [0, 0.1) is 6.92 Å². The number of benzene rings is 1. The number of hydrogen-bond acceptors (Lipinski definition) is 7. The molecule has 1 atom stereocenters. The Kier molecular flexibility index (Phi) is 9.02. The van der Waals surface area contributed by atoms with Gasteiger partial charge in [0.05, 0.1) is 29.3 Å². The molecule has 1 aliphatic heterocycles. The third-order valence-electron chi connectivity index (χ3n) is 7.30. The Balaban J connectivity index is 1.47. The number of carbonyl (C=O) groups excluding carboxylic acids is 2. The molecule has 3 aromatic rings. The lowest BCUT2D eigenvalue weighted by atomic mass is 9.80. The zero-order chi connectivity index (χ0) is 28.2. The molecule has 2 N–H and O–H groups in total. The number of aryl methyl sites for hydroxylation is 1. The van der Waals surface area contributed by atoms with Crippen LogP contribution in [0.4, 0.5) is 0 Å². The Labute approximate surface area is 235 Å². The number of pyridine rings is 1. The first-order valence-electron chi connectivity index (χ1n) is 13.5. The normalized spacial score (nSPS) is 15.6. The van der Waals surface area contributed by atoms with Gasteiger partial charge in [-0.05, 0) is 75.7 Å². The van der Waals surface area contributed by atoms with Gasteiger partial charge in [0, 0.05) is 24.7 Å². The zero-order valence-electron chi connectivity index (χ0n) is 23.6. The predicted molar refractivity (Wildman–Crippen MR) is 155 cm³/mol. The molecule has 2 amide bonds. The third-order valence-corrected chi connectivity index (χ3v) is 8.51. The molecule has 0 radical (unpaired) electrons. The molecule has 2 aromatic heterocycles. The van der Waals surface area contributed by atoms with Crippen molar-refractivity contribution in [1.82, 2.24) is 19.8 Å². The Morgan fingerprint density at radius 2 is 1.95 bits per heavy atom. The van der Waals surface area contributed by atoms with Crippen LogP contribution in [-0.2, 0) is 21.4 Å². The standard InChI is InChI=1S/C30H39N5O3S/c1-20-28(39-26(33-20)19-27(36)35-16-6-8-24(35)29(31)37)21-13-14-32-25(18-21)30(2,3)22-9-11-23(12-10-22)38-17-7-15-34(4)5/h9-14,18,24H,6-8,15-17,19H2,1-5H3,(H2,31,37)/t24-/m0/s1. The summed E-state index contributed by atoms with van der Waals surface area (Å²) in [6.45, 7) is 8.55. The number of rotatable bonds is 11. The SMILES string of the molecule is Cc1nc(CC(=O)N2CCC[C@H]2C(N)=O)sc1-c1ccnc(C(C)(C)c2ccc(OCCCN(C)C)cc2)c1. The van der Waals surface area contributed by atoms with Crippen LogP contribution in [0.15, 0.2) is 42.6 Å². The van der Waals surface area contributed by atoms with E-state index < -0.39 is 11.9 Å². The summed E-state index contributed by atoms with van der Waals surface area (Å²) in [4.78, 5) is 38.8. The van der Waals surface area contributed by atoms with E-state index in [2.05, 4.69) is 56.0 Å². The van der Waals surface area contributed by atoms with Crippen molar-refractivity contribution in [1.29, 1.82) is 0 Å². The summed E-state index contributed by atoms with van der Waals surface area (Å²) in [5.41, 5.74) is 9.17. The lowest BCUT2D eigenvalue weighted by molar-refractivity contribution is -0.136. The summed E-state index contributed by atoms with van der Waals surface area (Å²) in [5.74, 6) is 0.331. The first-order valence-corrected chi connectivity index (χ1v) is 14.3. The van der Waals surface area contributed by atoms with E-state index in [1.54, 1.807) is 4.90 Å². The first-order chi connectivity index (χ1) is 18.6. The van der Waals surface area contributed by atoms with Crippen LogP contribution in [0.25, 0.3) is 10.4 Å². The van der Waals surface area contributed by atoms with Crippen molar-refractivity contribution in [2.75, 3.05) is 33.8 Å². The largest absolute Gasteiger partial charge is 0.494 e. The molecule has 9 heteroatoms. The Hall–Kier alpha value is -3.30. The van der Waals surface area contributed by atoms with Crippen molar-refractivity contribution in [3.63, 3.8) is 0 Å². The minimum absolute atomic E-state index is 0.0988. The average molecular weight is 550 g/mol. The second kappa shape index (κ2) is 12.3. The molecule has 0 spiro atoms. The van der Waals surface area contributed by atoms with E-state index in [1.165, 1.54) is 11.3 Å². The Morgan fingerprint density at radius 3 is 2.64 bits per heavy atom. The van der Waals surface area contributed by atoms with Crippen molar-refractivity contribution in [2.45, 2.75) is 57.9 Å². The molecule has 3 heterocycles. The second-order valence-electron chi connectivity index (χ2n) is 10.9. The van der Waals surface area contributed by atoms with Crippen LogP contribution in [0.1, 0.15) is 55.1 Å². The fraction of sp³-hybridized carbons (Fsp3) is 0.467. The summed E-state index contributed by atoms with van der Waals surface area (Å²) in [5, 5.41) is 0.737. The topological polar surface area (TPSA) is 102 Å². The fourth-order valence-corrected chi connectivity index (χ4v) is 6.04. The van der Waals surface area contributed by atoms with Crippen LogP contribution < -0.4 is 10.5 Å². The lowest BCUT2D eigenvalue weighted by Gasteiger charge is -2.25. The van der Waals surface area contributed by atoms with Crippen molar-refractivity contribution in [2.24, 2.45) is 5.73 Å².